The summed E-state index contributed by atoms with van der Waals surface area (Å²) in [6.07, 6.45) is -14.6. The zero-order chi connectivity index (χ0) is 41.0. The zero-order valence-corrected chi connectivity index (χ0v) is 30.5. The van der Waals surface area contributed by atoms with Gasteiger partial charge in [-0.05, 0) is 41.0 Å². The van der Waals surface area contributed by atoms with Crippen LogP contribution in [0.5, 0.6) is 11.5 Å². The average molecular weight is 806 g/mol. The number of aliphatic hydroxyl groups excluding tert-OH is 1. The minimum Gasteiger partial charge on any atom is -0.497 e. The van der Waals surface area contributed by atoms with E-state index in [1.165, 1.54) is 32.0 Å². The largest absolute Gasteiger partial charge is 0.497 e. The number of imidazole rings is 1. The lowest BCUT2D eigenvalue weighted by molar-refractivity contribution is -0.299. The Hall–Kier alpha value is -5.34. The summed E-state index contributed by atoms with van der Waals surface area (Å²) in [5, 5.41) is 14.3. The number of rotatable bonds is 15. The molecule has 1 amide bonds. The Labute approximate surface area is 321 Å². The van der Waals surface area contributed by atoms with Crippen molar-refractivity contribution in [3.05, 3.63) is 108 Å². The number of hydrogen-bond donors (Lipinski definition) is 2. The SMILES string of the molecule is COc1ccc(C(OC[C@H]2O[C@@H](n3cnc4c(NC(C)=O)ncnc43)C(OCOCC(C(F)(F)F)C(F)(F)F)C2O)(c2ccccc2)c2ccc(OC)cc2)cc1. The van der Waals surface area contributed by atoms with Gasteiger partial charge < -0.3 is 38.8 Å². The summed E-state index contributed by atoms with van der Waals surface area (Å²) in [6, 6.07) is 23.5. The van der Waals surface area contributed by atoms with Crippen LogP contribution in [0.2, 0.25) is 0 Å². The van der Waals surface area contributed by atoms with Gasteiger partial charge in [0.1, 0.15) is 48.5 Å². The van der Waals surface area contributed by atoms with Crippen molar-refractivity contribution < 1.29 is 64.7 Å². The lowest BCUT2D eigenvalue weighted by Crippen LogP contribution is -2.41. The Morgan fingerprint density at radius 3 is 1.98 bits per heavy atom. The van der Waals surface area contributed by atoms with Gasteiger partial charge in [-0.25, -0.2) is 15.0 Å². The zero-order valence-electron chi connectivity index (χ0n) is 30.5. The van der Waals surface area contributed by atoms with Crippen LogP contribution in [0.25, 0.3) is 11.2 Å². The molecule has 0 saturated carbocycles. The van der Waals surface area contributed by atoms with Gasteiger partial charge in [-0.3, -0.25) is 9.36 Å². The first-order valence-electron chi connectivity index (χ1n) is 17.3. The first-order valence-corrected chi connectivity index (χ1v) is 17.3. The highest BCUT2D eigenvalue weighted by Gasteiger charge is 2.57. The van der Waals surface area contributed by atoms with E-state index in [-0.39, 0.29) is 23.6 Å². The fourth-order valence-corrected chi connectivity index (χ4v) is 6.50. The summed E-state index contributed by atoms with van der Waals surface area (Å²) < 4.78 is 115. The van der Waals surface area contributed by atoms with E-state index < -0.39 is 67.7 Å². The summed E-state index contributed by atoms with van der Waals surface area (Å²) in [5.74, 6) is -3.05. The molecule has 2 aromatic heterocycles. The fraction of sp³-hybridized carbons (Fsp3) is 0.368. The third kappa shape index (κ3) is 8.81. The van der Waals surface area contributed by atoms with Gasteiger partial charge in [0.25, 0.3) is 0 Å². The molecule has 3 heterocycles. The van der Waals surface area contributed by atoms with Crippen molar-refractivity contribution >= 4 is 22.9 Å². The fourth-order valence-electron chi connectivity index (χ4n) is 6.50. The highest BCUT2D eigenvalue weighted by Crippen LogP contribution is 2.44. The minimum absolute atomic E-state index is 0.0439. The molecule has 5 aromatic rings. The maximum Gasteiger partial charge on any atom is 0.402 e. The maximum atomic E-state index is 13.2. The number of amides is 1. The second kappa shape index (κ2) is 17.0. The van der Waals surface area contributed by atoms with Crippen molar-refractivity contribution in [3.8, 4) is 11.5 Å². The maximum absolute atomic E-state index is 13.2. The molecule has 19 heteroatoms. The van der Waals surface area contributed by atoms with Crippen LogP contribution in [0.3, 0.4) is 0 Å². The molecule has 4 atom stereocenters. The van der Waals surface area contributed by atoms with Crippen molar-refractivity contribution in [1.82, 2.24) is 19.5 Å². The number of carbonyl (C=O) groups is 1. The van der Waals surface area contributed by atoms with E-state index in [2.05, 4.69) is 20.3 Å². The van der Waals surface area contributed by atoms with Crippen molar-refractivity contribution in [1.29, 1.82) is 0 Å². The van der Waals surface area contributed by atoms with Crippen LogP contribution in [0.1, 0.15) is 29.8 Å². The van der Waals surface area contributed by atoms with Gasteiger partial charge in [-0.2, -0.15) is 26.3 Å². The number of alkyl halides is 6. The summed E-state index contributed by atoms with van der Waals surface area (Å²) in [4.78, 5) is 24.4. The number of nitrogens with zero attached hydrogens (tertiary/aromatic N) is 4. The summed E-state index contributed by atoms with van der Waals surface area (Å²) in [6.45, 7) is -1.99. The molecule has 0 radical (unpaired) electrons. The van der Waals surface area contributed by atoms with Crippen molar-refractivity contribution in [3.63, 3.8) is 0 Å². The Kier molecular flexibility index (Phi) is 12.3. The molecule has 2 unspecified atom stereocenters. The van der Waals surface area contributed by atoms with Crippen LogP contribution < -0.4 is 14.8 Å². The standard InChI is InChI=1S/C38H37F6N5O8/c1-22(50)48-33-30-34(46-19-45-33)49(20-47-30)35-32(55-21-54-18-29(37(39,40)41)38(42,43)44)31(51)28(57-35)17-56-36(23-7-5-4-6-8-23,24-9-13-26(52-2)14-10-24)25-11-15-27(53-3)16-12-25/h4-16,19-20,28-29,31-32,35,51H,17-18,21H2,1-3H3,(H,45,46,48,50)/t28-,31?,32?,35-/m1/s1. The number of hydrogen-bond acceptors (Lipinski definition) is 11. The van der Waals surface area contributed by atoms with Gasteiger partial charge in [0.15, 0.2) is 29.1 Å². The van der Waals surface area contributed by atoms with Crippen molar-refractivity contribution in [2.24, 2.45) is 5.92 Å². The minimum atomic E-state index is -5.64. The van der Waals surface area contributed by atoms with Gasteiger partial charge in [0.2, 0.25) is 5.91 Å². The van der Waals surface area contributed by atoms with E-state index in [0.717, 1.165) is 6.33 Å². The van der Waals surface area contributed by atoms with Crippen molar-refractivity contribution in [2.75, 3.05) is 39.5 Å². The second-order valence-electron chi connectivity index (χ2n) is 12.9. The topological polar surface area (TPSA) is 148 Å². The molecule has 6 rings (SSSR count). The first kappa shape index (κ1) is 41.3. The highest BCUT2D eigenvalue weighted by molar-refractivity contribution is 5.95. The van der Waals surface area contributed by atoms with Crippen LogP contribution in [-0.4, -0.2) is 95.4 Å². The van der Waals surface area contributed by atoms with Crippen LogP contribution in [0, 0.1) is 5.92 Å². The van der Waals surface area contributed by atoms with Crippen LogP contribution >= 0.6 is 0 Å². The third-order valence-corrected chi connectivity index (χ3v) is 9.30. The monoisotopic (exact) mass is 805 g/mol. The number of anilines is 1. The van der Waals surface area contributed by atoms with Gasteiger partial charge >= 0.3 is 12.4 Å². The number of aliphatic hydroxyl groups is 1. The van der Waals surface area contributed by atoms with E-state index in [1.54, 1.807) is 24.3 Å². The van der Waals surface area contributed by atoms with Crippen LogP contribution in [-0.2, 0) is 29.3 Å². The van der Waals surface area contributed by atoms with Gasteiger partial charge in [0.05, 0.1) is 33.8 Å². The lowest BCUT2D eigenvalue weighted by atomic mass is 9.80. The smallest absolute Gasteiger partial charge is 0.402 e. The van der Waals surface area contributed by atoms with Crippen LogP contribution in [0.4, 0.5) is 32.2 Å². The predicted octanol–water partition coefficient (Wildman–Crippen LogP) is 6.17. The molecule has 0 spiro atoms. The number of ether oxygens (including phenoxy) is 6. The molecule has 304 valence electrons. The Bertz CT molecular complexity index is 2040. The molecule has 2 N–H and O–H groups in total. The Morgan fingerprint density at radius 2 is 1.44 bits per heavy atom. The summed E-state index contributed by atoms with van der Waals surface area (Å²) >= 11 is 0. The van der Waals surface area contributed by atoms with E-state index in [9.17, 15) is 36.2 Å². The van der Waals surface area contributed by atoms with Gasteiger partial charge in [0, 0.05) is 6.92 Å². The number of halogens is 6. The molecule has 13 nitrogen and oxygen atoms in total. The van der Waals surface area contributed by atoms with Crippen LogP contribution in [0.15, 0.2) is 91.5 Å². The molecular weight excluding hydrogens is 768 g/mol. The van der Waals surface area contributed by atoms with E-state index in [0.29, 0.717) is 28.2 Å². The van der Waals surface area contributed by atoms with Crippen molar-refractivity contribution in [2.45, 2.75) is 49.4 Å². The number of methoxy groups -OCH3 is 2. The number of carbonyl (C=O) groups excluding carboxylic acids is 1. The highest BCUT2D eigenvalue weighted by atomic mass is 19.4. The van der Waals surface area contributed by atoms with E-state index in [1.807, 2.05) is 54.6 Å². The molecule has 3 aromatic carbocycles. The number of nitrogens with one attached hydrogen (secondary N) is 1. The third-order valence-electron chi connectivity index (χ3n) is 9.30. The molecule has 1 aliphatic heterocycles. The molecular formula is C38H37F6N5O8. The summed E-state index contributed by atoms with van der Waals surface area (Å²) in [5.41, 5.74) is 0.810. The molecule has 1 fully saturated rings. The molecule has 1 saturated heterocycles. The number of benzene rings is 3. The van der Waals surface area contributed by atoms with E-state index >= 15 is 0 Å². The number of fused-ring (bicyclic) bond motifs is 1. The second-order valence-corrected chi connectivity index (χ2v) is 12.9. The molecule has 0 bridgehead atoms. The van der Waals surface area contributed by atoms with Gasteiger partial charge in [-0.1, -0.05) is 54.6 Å². The van der Waals surface area contributed by atoms with E-state index in [4.69, 9.17) is 28.4 Å². The van der Waals surface area contributed by atoms with Gasteiger partial charge in [-0.15, -0.1) is 0 Å². The average Bonchev–Trinajstić information content (AvgIpc) is 3.75. The Morgan fingerprint density at radius 1 is 0.860 bits per heavy atom. The normalized spacial score (nSPS) is 18.9. The Balaban J connectivity index is 1.36. The first-order chi connectivity index (χ1) is 27.2. The quantitative estimate of drug-likeness (QED) is 0.0542. The predicted molar refractivity (Wildman–Crippen MR) is 189 cm³/mol. The molecule has 1 aliphatic rings. The lowest BCUT2D eigenvalue weighted by Gasteiger charge is -2.37. The molecule has 57 heavy (non-hydrogen) atoms. The summed E-state index contributed by atoms with van der Waals surface area (Å²) in [7, 11) is 3.05. The number of aromatic nitrogens is 4. The molecule has 0 aliphatic carbocycles.